The predicted octanol–water partition coefficient (Wildman–Crippen LogP) is 3.47. The van der Waals surface area contributed by atoms with E-state index in [0.29, 0.717) is 24.8 Å². The number of esters is 6. The van der Waals surface area contributed by atoms with Crippen molar-refractivity contribution in [2.45, 2.75) is 124 Å². The first-order valence-electron chi connectivity index (χ1n) is 18.1. The summed E-state index contributed by atoms with van der Waals surface area (Å²) in [5, 5.41) is 13.2. The zero-order chi connectivity index (χ0) is 38.5. The zero-order valence-corrected chi connectivity index (χ0v) is 31.4. The maximum atomic E-state index is 13.9. The maximum absolute atomic E-state index is 13.9. The van der Waals surface area contributed by atoms with Crippen molar-refractivity contribution < 1.29 is 67.0 Å². The number of ether oxygens (including phenoxy) is 7. The van der Waals surface area contributed by atoms with E-state index >= 15 is 0 Å². The Morgan fingerprint density at radius 3 is 2.23 bits per heavy atom. The van der Waals surface area contributed by atoms with E-state index in [9.17, 15) is 33.9 Å². The molecule has 0 amide bonds. The quantitative estimate of drug-likeness (QED) is 0.268. The first-order chi connectivity index (χ1) is 24.1. The third kappa shape index (κ3) is 5.02. The summed E-state index contributed by atoms with van der Waals surface area (Å²) in [5.41, 5.74) is -4.85. The molecule has 1 N–H and O–H groups in total. The van der Waals surface area contributed by atoms with Gasteiger partial charge in [-0.2, -0.15) is 0 Å². The van der Waals surface area contributed by atoms with Crippen LogP contribution in [0.15, 0.2) is 23.3 Å². The summed E-state index contributed by atoms with van der Waals surface area (Å²) < 4.78 is 41.2. The van der Waals surface area contributed by atoms with Crippen LogP contribution in [0.4, 0.5) is 0 Å². The van der Waals surface area contributed by atoms with Crippen LogP contribution in [0.3, 0.4) is 0 Å². The van der Waals surface area contributed by atoms with Crippen molar-refractivity contribution in [2.24, 2.45) is 45.8 Å². The van der Waals surface area contributed by atoms with E-state index in [1.165, 1.54) is 26.2 Å². The van der Waals surface area contributed by atoms with Crippen LogP contribution in [0, 0.1) is 45.8 Å². The van der Waals surface area contributed by atoms with Crippen molar-refractivity contribution in [3.05, 3.63) is 23.3 Å². The topological polar surface area (TPSA) is 187 Å². The van der Waals surface area contributed by atoms with Gasteiger partial charge < -0.3 is 38.3 Å². The number of methoxy groups -OCH3 is 1. The molecule has 6 aliphatic rings. The summed E-state index contributed by atoms with van der Waals surface area (Å²) in [5.74, 6) is -9.81. The number of fused-ring (bicyclic) bond motifs is 2. The predicted molar refractivity (Wildman–Crippen MR) is 177 cm³/mol. The SMILES string of the molecule is CCC(C)C(=O)O[C@@H]1C2[C@@H](OC(=O)C(C)C)C(C)(C)[C@H](CC(=O)OC)[C@@]3(C)[C@H]4CC[C@]5(C)C(=CC(=O)O[C@H]5C5=C[C@@H](OC(C)=O)OC5=O)[C@]14O[C@@]23O. The Balaban J connectivity index is 1.59. The molecule has 14 heteroatoms. The van der Waals surface area contributed by atoms with Gasteiger partial charge in [-0.3, -0.25) is 19.2 Å². The highest BCUT2D eigenvalue weighted by Gasteiger charge is 2.90. The molecule has 12 atom stereocenters. The monoisotopic (exact) mass is 730 g/mol. The van der Waals surface area contributed by atoms with E-state index < -0.39 is 118 Å². The average Bonchev–Trinajstić information content (AvgIpc) is 3.62. The summed E-state index contributed by atoms with van der Waals surface area (Å²) in [7, 11) is 1.27. The van der Waals surface area contributed by atoms with Gasteiger partial charge in [-0.05, 0) is 30.8 Å². The van der Waals surface area contributed by atoms with Crippen LogP contribution in [0.25, 0.3) is 0 Å². The van der Waals surface area contributed by atoms with Gasteiger partial charge in [-0.25, -0.2) is 9.59 Å². The van der Waals surface area contributed by atoms with Crippen molar-refractivity contribution in [3.8, 4) is 0 Å². The lowest BCUT2D eigenvalue weighted by molar-refractivity contribution is -0.326. The van der Waals surface area contributed by atoms with Crippen LogP contribution in [0.5, 0.6) is 0 Å². The molecule has 4 aliphatic heterocycles. The number of hydrogen-bond acceptors (Lipinski definition) is 14. The minimum atomic E-state index is -2.15. The largest absolute Gasteiger partial charge is 0.469 e. The van der Waals surface area contributed by atoms with Crippen molar-refractivity contribution in [2.75, 3.05) is 7.11 Å². The highest BCUT2D eigenvalue weighted by Crippen LogP contribution is 2.80. The zero-order valence-electron chi connectivity index (χ0n) is 31.4. The average molecular weight is 731 g/mol. The van der Waals surface area contributed by atoms with Crippen LogP contribution in [0.1, 0.15) is 88.0 Å². The molecule has 2 bridgehead atoms. The maximum Gasteiger partial charge on any atom is 0.341 e. The number of cyclic esters (lactones) is 2. The van der Waals surface area contributed by atoms with Crippen molar-refractivity contribution >= 4 is 35.8 Å². The fourth-order valence-electron chi connectivity index (χ4n) is 10.5. The van der Waals surface area contributed by atoms with Crippen molar-refractivity contribution in [1.82, 2.24) is 0 Å². The van der Waals surface area contributed by atoms with Gasteiger partial charge in [0, 0.05) is 47.7 Å². The first-order valence-corrected chi connectivity index (χ1v) is 18.1. The third-order valence-electron chi connectivity index (χ3n) is 13.2. The van der Waals surface area contributed by atoms with E-state index in [4.69, 9.17) is 33.2 Å². The van der Waals surface area contributed by atoms with Crippen LogP contribution < -0.4 is 0 Å². The molecular formula is C38H50O14. The number of carbonyl (C=O) groups excluding carboxylic acids is 6. The van der Waals surface area contributed by atoms with Gasteiger partial charge in [0.15, 0.2) is 5.79 Å². The highest BCUT2D eigenvalue weighted by molar-refractivity contribution is 5.95. The first kappa shape index (κ1) is 38.0. The van der Waals surface area contributed by atoms with Gasteiger partial charge >= 0.3 is 35.8 Å². The van der Waals surface area contributed by atoms with Gasteiger partial charge in [0.25, 0.3) is 6.29 Å². The standard InChI is InChI=1S/C38H50O14/c1-11-18(4)32(43)51-30-27-29(50-31(42)17(2)3)34(6,7)22(15-24(40)46-10)36(9)21-12-13-35(8)23(37(21,30)52-38(27,36)45)16-25(41)48-28(35)20-14-26(47-19(5)39)49-33(20)44/h14,16-18,21-22,26-30,45H,11-13,15H2,1-10H3/t18?,21-,22+,26+,27?,28+,29-,30-,35-,36-,37+,38+/m1/s1. The van der Waals surface area contributed by atoms with E-state index in [-0.39, 0.29) is 12.0 Å². The Bertz CT molecular complexity index is 1660. The lowest BCUT2D eigenvalue weighted by atomic mass is 9.37. The fourth-order valence-corrected chi connectivity index (χ4v) is 10.5. The molecule has 1 spiro atoms. The molecule has 2 saturated heterocycles. The Morgan fingerprint density at radius 2 is 1.63 bits per heavy atom. The Hall–Kier alpha value is -3.78. The van der Waals surface area contributed by atoms with Gasteiger partial charge in [-0.15, -0.1) is 0 Å². The van der Waals surface area contributed by atoms with Crippen LogP contribution >= 0.6 is 0 Å². The summed E-state index contributed by atoms with van der Waals surface area (Å²) in [6.07, 6.45) is -1.51. The van der Waals surface area contributed by atoms with E-state index in [1.807, 2.05) is 27.7 Å². The van der Waals surface area contributed by atoms with Gasteiger partial charge in [0.2, 0.25) is 0 Å². The van der Waals surface area contributed by atoms with E-state index in [2.05, 4.69) is 0 Å². The fraction of sp³-hybridized carbons (Fsp3) is 0.737. The molecule has 6 rings (SSSR count). The number of carbonyl (C=O) groups is 6. The van der Waals surface area contributed by atoms with Gasteiger partial charge in [0.1, 0.15) is 23.9 Å². The van der Waals surface area contributed by atoms with Crippen molar-refractivity contribution in [3.63, 3.8) is 0 Å². The number of hydrogen-bond donors (Lipinski definition) is 1. The highest BCUT2D eigenvalue weighted by atomic mass is 16.7. The molecule has 52 heavy (non-hydrogen) atoms. The molecular weight excluding hydrogens is 680 g/mol. The van der Waals surface area contributed by atoms with Crippen LogP contribution in [-0.4, -0.2) is 84.0 Å². The number of rotatable bonds is 9. The van der Waals surface area contributed by atoms with Crippen molar-refractivity contribution in [1.29, 1.82) is 0 Å². The minimum absolute atomic E-state index is 0.0400. The lowest BCUT2D eigenvalue weighted by Crippen LogP contribution is -2.76. The van der Waals surface area contributed by atoms with E-state index in [0.717, 1.165) is 0 Å². The second-order valence-corrected chi connectivity index (χ2v) is 16.6. The molecule has 2 aliphatic carbocycles. The summed E-state index contributed by atoms with van der Waals surface area (Å²) in [4.78, 5) is 79.1. The summed E-state index contributed by atoms with van der Waals surface area (Å²) >= 11 is 0. The van der Waals surface area contributed by atoms with Crippen LogP contribution in [0.2, 0.25) is 0 Å². The third-order valence-corrected chi connectivity index (χ3v) is 13.2. The normalized spacial score (nSPS) is 41.4. The smallest absolute Gasteiger partial charge is 0.341 e. The Kier molecular flexibility index (Phi) is 9.05. The lowest BCUT2D eigenvalue weighted by Gasteiger charge is -2.67. The van der Waals surface area contributed by atoms with E-state index in [1.54, 1.807) is 27.7 Å². The summed E-state index contributed by atoms with van der Waals surface area (Å²) in [6, 6.07) is 0. The molecule has 4 heterocycles. The second-order valence-electron chi connectivity index (χ2n) is 16.6. The second kappa shape index (κ2) is 12.4. The molecule has 286 valence electrons. The molecule has 0 aromatic rings. The molecule has 4 fully saturated rings. The summed E-state index contributed by atoms with van der Waals surface area (Å²) in [6.45, 7) is 15.4. The van der Waals surface area contributed by atoms with Crippen LogP contribution in [-0.2, 0) is 61.9 Å². The Morgan fingerprint density at radius 1 is 0.981 bits per heavy atom. The number of aliphatic hydroxyl groups is 1. The molecule has 2 saturated carbocycles. The molecule has 0 aromatic heterocycles. The van der Waals surface area contributed by atoms with Gasteiger partial charge in [-0.1, -0.05) is 55.4 Å². The molecule has 2 unspecified atom stereocenters. The Labute approximate surface area is 302 Å². The molecule has 0 aromatic carbocycles. The molecule has 14 nitrogen and oxygen atoms in total. The van der Waals surface area contributed by atoms with Gasteiger partial charge in [0.05, 0.1) is 30.4 Å². The minimum Gasteiger partial charge on any atom is -0.469 e. The molecule has 0 radical (unpaired) electrons.